The molecule has 0 spiro atoms. The Morgan fingerprint density at radius 1 is 0.975 bits per heavy atom. The Morgan fingerprint density at radius 3 is 2.50 bits per heavy atom. The number of aromatic amines is 1. The second kappa shape index (κ2) is 11.9. The number of Topliss-reactive ketones (excluding diaryl/α,β-unsaturated/α-hetero) is 1. The molecular formula is C32H30N4O4. The van der Waals surface area contributed by atoms with Crippen molar-refractivity contribution in [2.45, 2.75) is 32.0 Å². The number of H-pyrrole nitrogens is 1. The molecule has 5 aromatic rings. The molecule has 0 saturated carbocycles. The lowest BCUT2D eigenvalue weighted by atomic mass is 9.96. The number of rotatable bonds is 10. The molecule has 2 atom stereocenters. The molecule has 3 aromatic carbocycles. The highest BCUT2D eigenvalue weighted by Gasteiger charge is 2.40. The molecule has 0 aliphatic carbocycles. The van der Waals surface area contributed by atoms with Gasteiger partial charge in [-0.2, -0.15) is 0 Å². The predicted molar refractivity (Wildman–Crippen MR) is 153 cm³/mol. The number of fused-ring (bicyclic) bond motifs is 2. The van der Waals surface area contributed by atoms with Gasteiger partial charge in [-0.25, -0.2) is 4.79 Å². The summed E-state index contributed by atoms with van der Waals surface area (Å²) >= 11 is 0. The number of hydrogen-bond donors (Lipinski definition) is 2. The zero-order valence-electron chi connectivity index (χ0n) is 22.1. The third-order valence-corrected chi connectivity index (χ3v) is 6.87. The van der Waals surface area contributed by atoms with Gasteiger partial charge in [0.05, 0.1) is 23.7 Å². The molecule has 0 aliphatic heterocycles. The van der Waals surface area contributed by atoms with Crippen LogP contribution in [0.2, 0.25) is 0 Å². The predicted octanol–water partition coefficient (Wildman–Crippen LogP) is 4.43. The molecule has 8 nitrogen and oxygen atoms in total. The Labute approximate surface area is 231 Å². The molecule has 0 fully saturated rings. The van der Waals surface area contributed by atoms with Gasteiger partial charge in [-0.3, -0.25) is 14.6 Å². The fraction of sp³-hybridized carbons (Fsp3) is 0.188. The van der Waals surface area contributed by atoms with Gasteiger partial charge in [-0.05, 0) is 42.7 Å². The number of ketones is 1. The molecule has 1 unspecified atom stereocenters. The van der Waals surface area contributed by atoms with Crippen molar-refractivity contribution < 1.29 is 19.1 Å². The number of benzene rings is 3. The van der Waals surface area contributed by atoms with E-state index in [4.69, 9.17) is 10.5 Å². The largest absolute Gasteiger partial charge is 0.464 e. The van der Waals surface area contributed by atoms with E-state index < -0.39 is 29.7 Å². The molecule has 2 heterocycles. The van der Waals surface area contributed by atoms with Gasteiger partial charge in [-0.15, -0.1) is 0 Å². The number of amides is 1. The second-order valence-electron chi connectivity index (χ2n) is 9.56. The van der Waals surface area contributed by atoms with Crippen LogP contribution in [0.3, 0.4) is 0 Å². The van der Waals surface area contributed by atoms with E-state index in [0.29, 0.717) is 0 Å². The number of esters is 1. The minimum Gasteiger partial charge on any atom is -0.464 e. The topological polar surface area (TPSA) is 118 Å². The highest BCUT2D eigenvalue weighted by molar-refractivity contribution is 6.10. The molecule has 5 rings (SSSR count). The van der Waals surface area contributed by atoms with Crippen molar-refractivity contribution >= 4 is 39.5 Å². The van der Waals surface area contributed by atoms with Crippen LogP contribution in [-0.2, 0) is 27.3 Å². The Kier molecular flexibility index (Phi) is 7.98. The summed E-state index contributed by atoms with van der Waals surface area (Å²) in [6.45, 7) is 1.70. The number of hydrogen-bond acceptors (Lipinski definition) is 6. The molecule has 1 amide bonds. The van der Waals surface area contributed by atoms with Crippen LogP contribution in [0, 0.1) is 0 Å². The maximum atomic E-state index is 14.0. The van der Waals surface area contributed by atoms with E-state index in [9.17, 15) is 14.4 Å². The summed E-state index contributed by atoms with van der Waals surface area (Å²) in [6, 6.07) is 23.4. The van der Waals surface area contributed by atoms with Gasteiger partial charge in [0, 0.05) is 35.2 Å². The lowest BCUT2D eigenvalue weighted by molar-refractivity contribution is -0.152. The average molecular weight is 535 g/mol. The number of nitrogens with one attached hydrogen (secondary N) is 1. The number of ether oxygens (including phenoxy) is 1. The minimum absolute atomic E-state index is 0.00151. The maximum Gasteiger partial charge on any atom is 0.336 e. The van der Waals surface area contributed by atoms with Gasteiger partial charge in [0.25, 0.3) is 5.91 Å². The summed E-state index contributed by atoms with van der Waals surface area (Å²) in [4.78, 5) is 50.2. The smallest absolute Gasteiger partial charge is 0.336 e. The summed E-state index contributed by atoms with van der Waals surface area (Å²) in [5, 5.41) is 1.71. The average Bonchev–Trinajstić information content (AvgIpc) is 3.39. The van der Waals surface area contributed by atoms with Gasteiger partial charge >= 0.3 is 5.97 Å². The number of carbonyl (C=O) groups excluding carboxylic acids is 3. The Bertz CT molecular complexity index is 1660. The molecule has 2 aromatic heterocycles. The standard InChI is InChI=1S/C32H30N4O4/c1-2-40-32(39)29(30(37)26(33)17-23-18-35-28-15-9-7-13-25(23)28)36(20-21-10-4-3-5-11-21)31(38)24-16-22-12-6-8-14-27(22)34-19-24/h3-16,18-19,26,29,35H,2,17,20,33H2,1H3/t26?,29-/m1/s1. The first-order chi connectivity index (χ1) is 19.5. The van der Waals surface area contributed by atoms with E-state index in [0.717, 1.165) is 32.9 Å². The van der Waals surface area contributed by atoms with Crippen LogP contribution >= 0.6 is 0 Å². The normalized spacial score (nSPS) is 12.7. The summed E-state index contributed by atoms with van der Waals surface area (Å²) in [5.74, 6) is -1.94. The number of nitrogens with two attached hydrogens (primary N) is 1. The van der Waals surface area contributed by atoms with Crippen LogP contribution in [0.15, 0.2) is 97.3 Å². The molecule has 40 heavy (non-hydrogen) atoms. The summed E-state index contributed by atoms with van der Waals surface area (Å²) in [5.41, 5.74) is 9.95. The van der Waals surface area contributed by atoms with E-state index >= 15 is 0 Å². The molecule has 202 valence electrons. The van der Waals surface area contributed by atoms with Gasteiger partial charge in [0.2, 0.25) is 0 Å². The highest BCUT2D eigenvalue weighted by atomic mass is 16.5. The number of nitrogens with zero attached hydrogens (tertiary/aromatic N) is 2. The van der Waals surface area contributed by atoms with E-state index in [-0.39, 0.29) is 25.1 Å². The Morgan fingerprint density at radius 2 is 1.70 bits per heavy atom. The summed E-state index contributed by atoms with van der Waals surface area (Å²) < 4.78 is 5.32. The van der Waals surface area contributed by atoms with Crippen molar-refractivity contribution in [3.8, 4) is 0 Å². The van der Waals surface area contributed by atoms with Crippen molar-refractivity contribution in [3.63, 3.8) is 0 Å². The van der Waals surface area contributed by atoms with Crippen LogP contribution < -0.4 is 5.73 Å². The van der Waals surface area contributed by atoms with E-state index in [1.54, 1.807) is 13.0 Å². The molecule has 0 bridgehead atoms. The highest BCUT2D eigenvalue weighted by Crippen LogP contribution is 2.22. The van der Waals surface area contributed by atoms with Gasteiger partial charge < -0.3 is 20.4 Å². The number of pyridine rings is 1. The summed E-state index contributed by atoms with van der Waals surface area (Å²) in [7, 11) is 0. The number of para-hydroxylation sites is 2. The van der Waals surface area contributed by atoms with Crippen LogP contribution in [0.4, 0.5) is 0 Å². The third-order valence-electron chi connectivity index (χ3n) is 6.87. The minimum atomic E-state index is -1.54. The number of carbonyl (C=O) groups is 3. The quantitative estimate of drug-likeness (QED) is 0.202. The molecule has 0 aliphatic rings. The zero-order valence-corrected chi connectivity index (χ0v) is 22.1. The van der Waals surface area contributed by atoms with Gasteiger partial charge in [0.1, 0.15) is 0 Å². The zero-order chi connectivity index (χ0) is 28.1. The maximum absolute atomic E-state index is 14.0. The van der Waals surface area contributed by atoms with Gasteiger partial charge in [-0.1, -0.05) is 66.7 Å². The Hall–Kier alpha value is -4.82. The monoisotopic (exact) mass is 534 g/mol. The van der Waals surface area contributed by atoms with Crippen molar-refractivity contribution in [1.29, 1.82) is 0 Å². The Balaban J connectivity index is 1.52. The van der Waals surface area contributed by atoms with Crippen molar-refractivity contribution in [1.82, 2.24) is 14.9 Å². The molecule has 8 heteroatoms. The van der Waals surface area contributed by atoms with Crippen molar-refractivity contribution in [2.75, 3.05) is 6.61 Å². The fourth-order valence-electron chi connectivity index (χ4n) is 4.87. The van der Waals surface area contributed by atoms with E-state index in [1.807, 2.05) is 85.1 Å². The second-order valence-corrected chi connectivity index (χ2v) is 9.56. The summed E-state index contributed by atoms with van der Waals surface area (Å²) in [6.07, 6.45) is 3.45. The molecule has 3 N–H and O–H groups in total. The van der Waals surface area contributed by atoms with Crippen LogP contribution in [0.5, 0.6) is 0 Å². The lowest BCUT2D eigenvalue weighted by Gasteiger charge is -2.31. The first-order valence-corrected chi connectivity index (χ1v) is 13.2. The van der Waals surface area contributed by atoms with Crippen molar-refractivity contribution in [3.05, 3.63) is 114 Å². The fourth-order valence-corrected chi connectivity index (χ4v) is 4.87. The lowest BCUT2D eigenvalue weighted by Crippen LogP contribution is -2.55. The first kappa shape index (κ1) is 26.8. The molecule has 0 radical (unpaired) electrons. The number of aromatic nitrogens is 2. The third kappa shape index (κ3) is 5.62. The SMILES string of the molecule is CCOC(=O)[C@@H](C(=O)C(N)Cc1c[nH]c2ccccc12)N(Cc1ccccc1)C(=O)c1cnc2ccccc2c1. The van der Waals surface area contributed by atoms with Crippen molar-refractivity contribution in [2.24, 2.45) is 5.73 Å². The van der Waals surface area contributed by atoms with E-state index in [2.05, 4.69) is 9.97 Å². The molecule has 0 saturated heterocycles. The first-order valence-electron chi connectivity index (χ1n) is 13.2. The van der Waals surface area contributed by atoms with Crippen LogP contribution in [0.25, 0.3) is 21.8 Å². The van der Waals surface area contributed by atoms with Crippen LogP contribution in [0.1, 0.15) is 28.4 Å². The van der Waals surface area contributed by atoms with Crippen LogP contribution in [-0.4, -0.2) is 51.2 Å². The van der Waals surface area contributed by atoms with Gasteiger partial charge in [0.15, 0.2) is 11.8 Å². The molecular weight excluding hydrogens is 504 g/mol. The van der Waals surface area contributed by atoms with E-state index in [1.165, 1.54) is 11.1 Å².